The van der Waals surface area contributed by atoms with E-state index in [0.29, 0.717) is 11.8 Å². The van der Waals surface area contributed by atoms with Crippen LogP contribution in [0, 0.1) is 11.8 Å². The number of carbonyl (C=O) groups is 1. The highest BCUT2D eigenvalue weighted by molar-refractivity contribution is 6.07. The van der Waals surface area contributed by atoms with Crippen molar-refractivity contribution >= 4 is 11.7 Å². The number of fused-ring (bicyclic) bond motifs is 2. The van der Waals surface area contributed by atoms with Crippen molar-refractivity contribution < 1.29 is 4.79 Å². The Bertz CT molecular complexity index is 626. The van der Waals surface area contributed by atoms with Crippen molar-refractivity contribution in [1.29, 1.82) is 0 Å². The summed E-state index contributed by atoms with van der Waals surface area (Å²) in [6.07, 6.45) is 2.06. The van der Waals surface area contributed by atoms with Gasteiger partial charge in [0.2, 0.25) is 0 Å². The van der Waals surface area contributed by atoms with Crippen LogP contribution in [0.2, 0.25) is 0 Å². The number of likely N-dealkylation sites (N-methyl/N-ethyl adjacent to an activating group) is 1. The van der Waals surface area contributed by atoms with Crippen molar-refractivity contribution in [2.45, 2.75) is 31.8 Å². The third-order valence-electron chi connectivity index (χ3n) is 5.80. The standard InChI is InChI=1S/C18H23N3O/c1-13-19-18(17(22)20(13)2)9-8-15-11-21(12-16(15)18)10-14-6-4-3-5-7-14/h3-7,15-16H,8-12H2,1-2H3/t15-,16+,18-/m1/s1. The lowest BCUT2D eigenvalue weighted by atomic mass is 9.85. The molecule has 2 aliphatic heterocycles. The molecule has 1 aromatic rings. The summed E-state index contributed by atoms with van der Waals surface area (Å²) < 4.78 is 0. The molecule has 1 saturated heterocycles. The molecule has 2 fully saturated rings. The van der Waals surface area contributed by atoms with E-state index in [1.54, 1.807) is 4.90 Å². The van der Waals surface area contributed by atoms with E-state index in [0.717, 1.165) is 38.3 Å². The van der Waals surface area contributed by atoms with E-state index in [2.05, 4.69) is 35.2 Å². The minimum Gasteiger partial charge on any atom is -0.302 e. The number of carbonyl (C=O) groups excluding carboxylic acids is 1. The van der Waals surface area contributed by atoms with Crippen LogP contribution in [0.5, 0.6) is 0 Å². The third-order valence-corrected chi connectivity index (χ3v) is 5.80. The largest absolute Gasteiger partial charge is 0.302 e. The topological polar surface area (TPSA) is 35.9 Å². The first kappa shape index (κ1) is 13.9. The van der Waals surface area contributed by atoms with Crippen molar-refractivity contribution in [2.24, 2.45) is 16.8 Å². The summed E-state index contributed by atoms with van der Waals surface area (Å²) in [6, 6.07) is 10.6. The van der Waals surface area contributed by atoms with Crippen LogP contribution in [0.3, 0.4) is 0 Å². The summed E-state index contributed by atoms with van der Waals surface area (Å²) in [5.41, 5.74) is 0.903. The molecule has 3 atom stereocenters. The monoisotopic (exact) mass is 297 g/mol. The van der Waals surface area contributed by atoms with Gasteiger partial charge in [-0.05, 0) is 31.2 Å². The number of aliphatic imine (C=N–C) groups is 1. The molecule has 0 bridgehead atoms. The Hall–Kier alpha value is -1.68. The molecule has 116 valence electrons. The molecular formula is C18H23N3O. The van der Waals surface area contributed by atoms with Gasteiger partial charge in [-0.15, -0.1) is 0 Å². The van der Waals surface area contributed by atoms with Gasteiger partial charge in [-0.2, -0.15) is 0 Å². The lowest BCUT2D eigenvalue weighted by molar-refractivity contribution is -0.131. The molecule has 2 heterocycles. The highest BCUT2D eigenvalue weighted by Gasteiger charge is 2.59. The second-order valence-corrected chi connectivity index (χ2v) is 7.03. The molecule has 22 heavy (non-hydrogen) atoms. The predicted octanol–water partition coefficient (Wildman–Crippen LogP) is 2.16. The van der Waals surface area contributed by atoms with Crippen LogP contribution in [0.4, 0.5) is 0 Å². The van der Waals surface area contributed by atoms with E-state index in [1.807, 2.05) is 14.0 Å². The quantitative estimate of drug-likeness (QED) is 0.838. The third kappa shape index (κ3) is 1.93. The number of likely N-dealkylation sites (tertiary alicyclic amines) is 1. The molecule has 0 aromatic heterocycles. The van der Waals surface area contributed by atoms with Crippen molar-refractivity contribution in [3.63, 3.8) is 0 Å². The first-order valence-corrected chi connectivity index (χ1v) is 8.21. The van der Waals surface area contributed by atoms with E-state index in [1.165, 1.54) is 5.56 Å². The molecular weight excluding hydrogens is 274 g/mol. The van der Waals surface area contributed by atoms with Gasteiger partial charge in [0.1, 0.15) is 11.4 Å². The SMILES string of the molecule is CC1=N[C@@]2(CC[C@@H]3CN(Cc4ccccc4)C[C@@H]32)C(=O)N1C. The average Bonchev–Trinajstić information content (AvgIpc) is 3.12. The van der Waals surface area contributed by atoms with Crippen LogP contribution in [-0.4, -0.2) is 47.2 Å². The van der Waals surface area contributed by atoms with Crippen molar-refractivity contribution in [3.8, 4) is 0 Å². The molecule has 1 amide bonds. The van der Waals surface area contributed by atoms with Crippen molar-refractivity contribution in [2.75, 3.05) is 20.1 Å². The number of amides is 1. The van der Waals surface area contributed by atoms with E-state index in [-0.39, 0.29) is 5.91 Å². The number of amidine groups is 1. The Labute approximate surface area is 131 Å². The molecule has 1 saturated carbocycles. The van der Waals surface area contributed by atoms with E-state index < -0.39 is 5.54 Å². The Morgan fingerprint density at radius 3 is 2.73 bits per heavy atom. The fraction of sp³-hybridized carbons (Fsp3) is 0.556. The van der Waals surface area contributed by atoms with E-state index in [9.17, 15) is 4.79 Å². The number of nitrogens with zero attached hydrogens (tertiary/aromatic N) is 3. The summed E-state index contributed by atoms with van der Waals surface area (Å²) in [5, 5.41) is 0. The second kappa shape index (κ2) is 4.92. The van der Waals surface area contributed by atoms with Crippen LogP contribution in [0.1, 0.15) is 25.3 Å². The molecule has 1 spiro atoms. The maximum absolute atomic E-state index is 12.7. The molecule has 0 unspecified atom stereocenters. The van der Waals surface area contributed by atoms with Crippen molar-refractivity contribution in [1.82, 2.24) is 9.80 Å². The van der Waals surface area contributed by atoms with Crippen LogP contribution in [0.25, 0.3) is 0 Å². The highest BCUT2D eigenvalue weighted by Crippen LogP contribution is 2.50. The van der Waals surface area contributed by atoms with Gasteiger partial charge < -0.3 is 4.90 Å². The first-order valence-electron chi connectivity index (χ1n) is 8.21. The fourth-order valence-corrected chi connectivity index (χ4v) is 4.61. The zero-order chi connectivity index (χ0) is 15.3. The van der Waals surface area contributed by atoms with Gasteiger partial charge in [0.25, 0.3) is 5.91 Å². The number of hydrogen-bond donors (Lipinski definition) is 0. The maximum Gasteiger partial charge on any atom is 0.255 e. The molecule has 1 aliphatic carbocycles. The molecule has 0 N–H and O–H groups in total. The zero-order valence-corrected chi connectivity index (χ0v) is 13.3. The lowest BCUT2D eigenvalue weighted by Gasteiger charge is -2.27. The summed E-state index contributed by atoms with van der Waals surface area (Å²) >= 11 is 0. The molecule has 4 heteroatoms. The van der Waals surface area contributed by atoms with Crippen LogP contribution < -0.4 is 0 Å². The Balaban J connectivity index is 1.54. The fourth-order valence-electron chi connectivity index (χ4n) is 4.61. The van der Waals surface area contributed by atoms with Gasteiger partial charge in [0.15, 0.2) is 0 Å². The smallest absolute Gasteiger partial charge is 0.255 e. The minimum atomic E-state index is -0.449. The summed E-state index contributed by atoms with van der Waals surface area (Å²) in [7, 11) is 1.86. The Morgan fingerprint density at radius 1 is 1.27 bits per heavy atom. The normalized spacial score (nSPS) is 34.5. The van der Waals surface area contributed by atoms with Gasteiger partial charge in [-0.1, -0.05) is 30.3 Å². The Kier molecular flexibility index (Phi) is 3.12. The number of rotatable bonds is 2. The van der Waals surface area contributed by atoms with Gasteiger partial charge in [0, 0.05) is 32.6 Å². The summed E-state index contributed by atoms with van der Waals surface area (Å²) in [6.45, 7) is 5.04. The molecule has 3 aliphatic rings. The van der Waals surface area contributed by atoms with E-state index in [4.69, 9.17) is 4.99 Å². The molecule has 0 radical (unpaired) electrons. The van der Waals surface area contributed by atoms with Gasteiger partial charge in [-0.3, -0.25) is 14.7 Å². The van der Waals surface area contributed by atoms with E-state index >= 15 is 0 Å². The minimum absolute atomic E-state index is 0.221. The predicted molar refractivity (Wildman–Crippen MR) is 86.5 cm³/mol. The van der Waals surface area contributed by atoms with Crippen LogP contribution in [0.15, 0.2) is 35.3 Å². The summed E-state index contributed by atoms with van der Waals surface area (Å²) in [4.78, 5) is 21.8. The van der Waals surface area contributed by atoms with Crippen molar-refractivity contribution in [3.05, 3.63) is 35.9 Å². The Morgan fingerprint density at radius 2 is 2.05 bits per heavy atom. The van der Waals surface area contributed by atoms with Gasteiger partial charge in [-0.25, -0.2) is 0 Å². The summed E-state index contributed by atoms with van der Waals surface area (Å²) in [5.74, 6) is 2.12. The van der Waals surface area contributed by atoms with Gasteiger partial charge >= 0.3 is 0 Å². The number of benzene rings is 1. The molecule has 4 rings (SSSR count). The highest BCUT2D eigenvalue weighted by atomic mass is 16.2. The number of hydrogen-bond acceptors (Lipinski definition) is 3. The average molecular weight is 297 g/mol. The molecule has 4 nitrogen and oxygen atoms in total. The first-order chi connectivity index (χ1) is 10.6. The van der Waals surface area contributed by atoms with Crippen LogP contribution >= 0.6 is 0 Å². The maximum atomic E-state index is 12.7. The van der Waals surface area contributed by atoms with Crippen LogP contribution in [-0.2, 0) is 11.3 Å². The zero-order valence-electron chi connectivity index (χ0n) is 13.3. The van der Waals surface area contributed by atoms with Gasteiger partial charge in [0.05, 0.1) is 0 Å². The molecule has 1 aromatic carbocycles. The second-order valence-electron chi connectivity index (χ2n) is 7.03. The lowest BCUT2D eigenvalue weighted by Crippen LogP contribution is -2.45.